The SMILES string of the molecule is CC(C)N1CC(=O)N(C)c2cnc(Nc3cc(NC(=O)N[C@H]4CC[C@@H](N)CC4)cc(S(C)(=O)=O)c3)nc21. The number of anilines is 5. The largest absolute Gasteiger partial charge is 0.343 e. The molecule has 0 radical (unpaired) electrons. The minimum Gasteiger partial charge on any atom is -0.343 e. The predicted molar refractivity (Wildman–Crippen MR) is 143 cm³/mol. The molecule has 2 heterocycles. The summed E-state index contributed by atoms with van der Waals surface area (Å²) in [6.07, 6.45) is 5.95. The summed E-state index contributed by atoms with van der Waals surface area (Å²) in [6, 6.07) is 4.28. The van der Waals surface area contributed by atoms with Crippen LogP contribution >= 0.6 is 0 Å². The molecule has 0 saturated heterocycles. The number of rotatable bonds is 6. The zero-order chi connectivity index (χ0) is 26.9. The quantitative estimate of drug-likeness (QED) is 0.438. The monoisotopic (exact) mass is 530 g/mol. The van der Waals surface area contributed by atoms with Crippen molar-refractivity contribution in [1.29, 1.82) is 0 Å². The molecule has 2 aliphatic rings. The van der Waals surface area contributed by atoms with E-state index in [0.717, 1.165) is 31.9 Å². The Balaban J connectivity index is 1.58. The topological polar surface area (TPSA) is 163 Å². The summed E-state index contributed by atoms with van der Waals surface area (Å²) in [7, 11) is -1.90. The summed E-state index contributed by atoms with van der Waals surface area (Å²) in [4.78, 5) is 37.4. The Morgan fingerprint density at radius 1 is 1.14 bits per heavy atom. The highest BCUT2D eigenvalue weighted by Gasteiger charge is 2.30. The summed E-state index contributed by atoms with van der Waals surface area (Å²) in [6.45, 7) is 4.13. The molecule has 3 amide bonds. The molecule has 1 fully saturated rings. The van der Waals surface area contributed by atoms with E-state index in [0.29, 0.717) is 22.9 Å². The first kappa shape index (κ1) is 26.6. The zero-order valence-electron chi connectivity index (χ0n) is 21.5. The van der Waals surface area contributed by atoms with Gasteiger partial charge in [-0.1, -0.05) is 0 Å². The average Bonchev–Trinajstić information content (AvgIpc) is 2.82. The second-order valence-electron chi connectivity index (χ2n) is 9.93. The van der Waals surface area contributed by atoms with Gasteiger partial charge < -0.3 is 31.5 Å². The number of likely N-dealkylation sites (N-methyl/N-ethyl adjacent to an activating group) is 1. The number of carbonyl (C=O) groups excluding carboxylic acids is 2. The van der Waals surface area contributed by atoms with Gasteiger partial charge in [0, 0.05) is 42.8 Å². The maximum Gasteiger partial charge on any atom is 0.319 e. The number of carbonyl (C=O) groups is 2. The van der Waals surface area contributed by atoms with E-state index in [1.54, 1.807) is 19.3 Å². The van der Waals surface area contributed by atoms with Crippen molar-refractivity contribution in [2.45, 2.75) is 62.6 Å². The molecule has 1 aliphatic heterocycles. The van der Waals surface area contributed by atoms with E-state index in [4.69, 9.17) is 5.73 Å². The van der Waals surface area contributed by atoms with Crippen LogP contribution in [0.4, 0.5) is 33.6 Å². The third-order valence-electron chi connectivity index (χ3n) is 6.64. The Bertz CT molecular complexity index is 1290. The summed E-state index contributed by atoms with van der Waals surface area (Å²) in [5, 5.41) is 8.73. The highest BCUT2D eigenvalue weighted by atomic mass is 32.2. The number of aromatic nitrogens is 2. The summed E-state index contributed by atoms with van der Waals surface area (Å²) >= 11 is 0. The predicted octanol–water partition coefficient (Wildman–Crippen LogP) is 2.21. The smallest absolute Gasteiger partial charge is 0.319 e. The number of nitrogens with two attached hydrogens (primary N) is 1. The van der Waals surface area contributed by atoms with Crippen molar-refractivity contribution < 1.29 is 18.0 Å². The minimum atomic E-state index is -3.58. The Kier molecular flexibility index (Phi) is 7.55. The molecule has 0 atom stereocenters. The van der Waals surface area contributed by atoms with E-state index in [-0.39, 0.29) is 41.4 Å². The summed E-state index contributed by atoms with van der Waals surface area (Å²) < 4.78 is 24.7. The standard InChI is InChI=1S/C24H34N8O4S/c1-14(2)32-13-21(33)31(3)20-12-26-23(30-22(20)32)27-17-9-18(11-19(10-17)37(4,35)36)29-24(34)28-16-7-5-15(25)6-8-16/h9-12,14-16H,5-8,13,25H2,1-4H3,(H,26,27,30)(H2,28,29,34)/t15-,16+. The Morgan fingerprint density at radius 2 is 1.81 bits per heavy atom. The van der Waals surface area contributed by atoms with Crippen LogP contribution in [0.1, 0.15) is 39.5 Å². The van der Waals surface area contributed by atoms with Gasteiger partial charge in [-0.15, -0.1) is 0 Å². The lowest BCUT2D eigenvalue weighted by Gasteiger charge is -2.36. The van der Waals surface area contributed by atoms with Gasteiger partial charge in [-0.3, -0.25) is 4.79 Å². The lowest BCUT2D eigenvalue weighted by Crippen LogP contribution is -2.47. The molecule has 2 aromatic rings. The molecule has 4 rings (SSSR count). The fourth-order valence-electron chi connectivity index (χ4n) is 4.47. The normalized spacial score (nSPS) is 20.0. The van der Waals surface area contributed by atoms with Crippen molar-refractivity contribution in [2.75, 3.05) is 40.3 Å². The molecule has 13 heteroatoms. The second-order valence-corrected chi connectivity index (χ2v) is 11.9. The van der Waals surface area contributed by atoms with Crippen LogP contribution in [-0.2, 0) is 14.6 Å². The number of hydrogen-bond donors (Lipinski definition) is 4. The highest BCUT2D eigenvalue weighted by molar-refractivity contribution is 7.90. The number of urea groups is 1. The van der Waals surface area contributed by atoms with Crippen LogP contribution in [0.25, 0.3) is 0 Å². The zero-order valence-corrected chi connectivity index (χ0v) is 22.3. The van der Waals surface area contributed by atoms with E-state index in [2.05, 4.69) is 25.9 Å². The van der Waals surface area contributed by atoms with E-state index in [1.807, 2.05) is 18.7 Å². The molecule has 1 saturated carbocycles. The van der Waals surface area contributed by atoms with Crippen molar-refractivity contribution in [3.05, 3.63) is 24.4 Å². The van der Waals surface area contributed by atoms with Gasteiger partial charge in [-0.05, 0) is 57.7 Å². The molecular formula is C24H34N8O4S. The van der Waals surface area contributed by atoms with Gasteiger partial charge in [-0.25, -0.2) is 18.2 Å². The fourth-order valence-corrected chi connectivity index (χ4v) is 5.15. The first-order chi connectivity index (χ1) is 17.4. The molecule has 0 bridgehead atoms. The first-order valence-electron chi connectivity index (χ1n) is 12.3. The molecule has 1 aromatic heterocycles. The average molecular weight is 531 g/mol. The number of nitrogens with zero attached hydrogens (tertiary/aromatic N) is 4. The van der Waals surface area contributed by atoms with Crippen molar-refractivity contribution in [3.63, 3.8) is 0 Å². The maximum absolute atomic E-state index is 12.6. The molecule has 0 unspecified atom stereocenters. The van der Waals surface area contributed by atoms with Crippen LogP contribution in [0.15, 0.2) is 29.3 Å². The lowest BCUT2D eigenvalue weighted by atomic mass is 9.92. The van der Waals surface area contributed by atoms with Crippen molar-refractivity contribution in [2.24, 2.45) is 5.73 Å². The van der Waals surface area contributed by atoms with E-state index < -0.39 is 15.9 Å². The van der Waals surface area contributed by atoms with Crippen molar-refractivity contribution in [1.82, 2.24) is 15.3 Å². The molecule has 37 heavy (non-hydrogen) atoms. The van der Waals surface area contributed by atoms with E-state index in [9.17, 15) is 18.0 Å². The number of benzene rings is 1. The molecule has 12 nitrogen and oxygen atoms in total. The van der Waals surface area contributed by atoms with Crippen molar-refractivity contribution in [3.8, 4) is 0 Å². The Morgan fingerprint density at radius 3 is 2.46 bits per heavy atom. The number of nitrogens with one attached hydrogen (secondary N) is 3. The van der Waals surface area contributed by atoms with Gasteiger partial charge in [0.2, 0.25) is 11.9 Å². The summed E-state index contributed by atoms with van der Waals surface area (Å²) in [5.74, 6) is 0.766. The van der Waals surface area contributed by atoms with E-state index >= 15 is 0 Å². The van der Waals surface area contributed by atoms with Crippen LogP contribution in [0, 0.1) is 0 Å². The van der Waals surface area contributed by atoms with Gasteiger partial charge >= 0.3 is 6.03 Å². The highest BCUT2D eigenvalue weighted by Crippen LogP contribution is 2.33. The van der Waals surface area contributed by atoms with Gasteiger partial charge in [0.25, 0.3) is 0 Å². The third kappa shape index (κ3) is 6.28. The van der Waals surface area contributed by atoms with Gasteiger partial charge in [0.05, 0.1) is 17.6 Å². The Hall–Kier alpha value is -3.45. The molecular weight excluding hydrogens is 496 g/mol. The molecule has 5 N–H and O–H groups in total. The molecule has 1 aliphatic carbocycles. The van der Waals surface area contributed by atoms with E-state index in [1.165, 1.54) is 17.0 Å². The molecule has 200 valence electrons. The number of fused-ring (bicyclic) bond motifs is 1. The number of amides is 3. The fraction of sp³-hybridized carbons (Fsp3) is 0.500. The van der Waals surface area contributed by atoms with Gasteiger partial charge in [-0.2, -0.15) is 4.98 Å². The Labute approximate surface area is 216 Å². The molecule has 1 aromatic carbocycles. The van der Waals surface area contributed by atoms with Crippen LogP contribution in [0.2, 0.25) is 0 Å². The van der Waals surface area contributed by atoms with Crippen LogP contribution in [-0.4, -0.2) is 68.3 Å². The second kappa shape index (κ2) is 10.5. The van der Waals surface area contributed by atoms with Crippen molar-refractivity contribution >= 4 is 50.6 Å². The van der Waals surface area contributed by atoms with Crippen LogP contribution in [0.3, 0.4) is 0 Å². The van der Waals surface area contributed by atoms with Crippen LogP contribution < -0.4 is 31.5 Å². The van der Waals surface area contributed by atoms with Crippen LogP contribution in [0.5, 0.6) is 0 Å². The minimum absolute atomic E-state index is 0.0216. The molecule has 0 spiro atoms. The number of sulfone groups is 1. The summed E-state index contributed by atoms with van der Waals surface area (Å²) in [5.41, 5.74) is 7.22. The van der Waals surface area contributed by atoms with Gasteiger partial charge in [0.1, 0.15) is 5.69 Å². The van der Waals surface area contributed by atoms with Gasteiger partial charge in [0.15, 0.2) is 15.7 Å². The third-order valence-corrected chi connectivity index (χ3v) is 7.73. The maximum atomic E-state index is 12.6. The lowest BCUT2D eigenvalue weighted by molar-refractivity contribution is -0.117. The number of hydrogen-bond acceptors (Lipinski definition) is 9. The first-order valence-corrected chi connectivity index (χ1v) is 14.2.